The van der Waals surface area contributed by atoms with Gasteiger partial charge in [-0.3, -0.25) is 4.79 Å². The number of hydrogen-bond donors (Lipinski definition) is 2. The van der Waals surface area contributed by atoms with Gasteiger partial charge in [0.1, 0.15) is 0 Å². The second-order valence-corrected chi connectivity index (χ2v) is 4.71. The molecule has 19 heavy (non-hydrogen) atoms. The highest BCUT2D eigenvalue weighted by molar-refractivity contribution is 5.88. The van der Waals surface area contributed by atoms with Crippen molar-refractivity contribution >= 4 is 23.5 Å². The van der Waals surface area contributed by atoms with Gasteiger partial charge in [0.2, 0.25) is 5.91 Å². The number of nitrogens with zero attached hydrogens (tertiary/aromatic N) is 2. The third-order valence-electron chi connectivity index (χ3n) is 3.63. The third kappa shape index (κ3) is 2.76. The number of anilines is 1. The van der Waals surface area contributed by atoms with E-state index < -0.39 is 0 Å². The molecule has 1 amide bonds. The van der Waals surface area contributed by atoms with E-state index in [0.29, 0.717) is 0 Å². The zero-order valence-corrected chi connectivity index (χ0v) is 11.5. The number of piperazine rings is 1. The molecule has 0 bridgehead atoms. The molecule has 1 aromatic carbocycles. The molecule has 3 N–H and O–H groups in total. The summed E-state index contributed by atoms with van der Waals surface area (Å²) in [5.74, 6) is 0.148. The Morgan fingerprint density at radius 2 is 2.00 bits per heavy atom. The molecule has 1 aromatic rings. The van der Waals surface area contributed by atoms with Crippen LogP contribution < -0.4 is 10.2 Å². The average Bonchev–Trinajstić information content (AvgIpc) is 2.46. The number of rotatable bonds is 3. The Morgan fingerprint density at radius 3 is 2.53 bits per heavy atom. The van der Waals surface area contributed by atoms with Crippen molar-refractivity contribution in [1.82, 2.24) is 4.90 Å². The fourth-order valence-corrected chi connectivity index (χ4v) is 2.55. The second kappa shape index (κ2) is 5.84. The van der Waals surface area contributed by atoms with Gasteiger partial charge in [-0.25, -0.2) is 0 Å². The van der Waals surface area contributed by atoms with Crippen LogP contribution in [-0.4, -0.2) is 50.2 Å². The summed E-state index contributed by atoms with van der Waals surface area (Å²) in [5.41, 5.74) is 3.20. The van der Waals surface area contributed by atoms with Crippen molar-refractivity contribution in [3.8, 4) is 0 Å². The van der Waals surface area contributed by atoms with Crippen LogP contribution in [0.15, 0.2) is 18.2 Å². The van der Waals surface area contributed by atoms with Crippen LogP contribution in [0.5, 0.6) is 0 Å². The van der Waals surface area contributed by atoms with Gasteiger partial charge in [-0.15, -0.1) is 0 Å². The molecule has 0 saturated carbocycles. The Hall–Kier alpha value is -1.88. The lowest BCUT2D eigenvalue weighted by molar-refractivity contribution is -0.538. The van der Waals surface area contributed by atoms with Crippen LogP contribution >= 0.6 is 0 Å². The van der Waals surface area contributed by atoms with E-state index in [2.05, 4.69) is 11.0 Å². The Bertz CT molecular complexity index is 478. The van der Waals surface area contributed by atoms with E-state index in [0.717, 1.165) is 43.1 Å². The van der Waals surface area contributed by atoms with Gasteiger partial charge in [-0.1, -0.05) is 6.07 Å². The highest BCUT2D eigenvalue weighted by Crippen LogP contribution is 2.25. The number of amides is 1. The molecule has 0 atom stereocenters. The number of nitrogens with two attached hydrogens (primary N) is 1. The minimum atomic E-state index is 0.148. The third-order valence-corrected chi connectivity index (χ3v) is 3.63. The molecule has 0 radical (unpaired) electrons. The zero-order valence-electron chi connectivity index (χ0n) is 11.5. The van der Waals surface area contributed by atoms with E-state index in [9.17, 15) is 4.79 Å². The molecule has 0 unspecified atom stereocenters. The number of para-hydroxylation sites is 1. The largest absolute Gasteiger partial charge is 0.363 e. The first-order valence-electron chi connectivity index (χ1n) is 6.60. The molecule has 1 fully saturated rings. The zero-order chi connectivity index (χ0) is 13.8. The van der Waals surface area contributed by atoms with Gasteiger partial charge in [0.05, 0.1) is 18.3 Å². The fraction of sp³-hybridized carbons (Fsp3) is 0.429. The van der Waals surface area contributed by atoms with E-state index in [-0.39, 0.29) is 5.91 Å². The quantitative estimate of drug-likeness (QED) is 0.602. The maximum absolute atomic E-state index is 11.3. The van der Waals surface area contributed by atoms with E-state index in [4.69, 9.17) is 5.41 Å². The van der Waals surface area contributed by atoms with Crippen molar-refractivity contribution in [2.75, 3.05) is 38.1 Å². The van der Waals surface area contributed by atoms with Crippen LogP contribution in [0.2, 0.25) is 0 Å². The molecular formula is C14H21N4O+. The standard InChI is InChI=1S/C14H20N4O/c1-11(19)17-6-8-18(9-7-17)13-5-3-4-12(10-15)14(13)16-2/h3-5,10,15-16H,6-9H2,1-2H3/p+1. The van der Waals surface area contributed by atoms with Crippen LogP contribution in [0.3, 0.4) is 0 Å². The van der Waals surface area contributed by atoms with Gasteiger partial charge < -0.3 is 20.5 Å². The Kier molecular flexibility index (Phi) is 4.16. The number of quaternary nitrogens is 1. The van der Waals surface area contributed by atoms with Crippen LogP contribution in [-0.2, 0) is 4.79 Å². The van der Waals surface area contributed by atoms with Crippen molar-refractivity contribution in [2.45, 2.75) is 6.92 Å². The van der Waals surface area contributed by atoms with E-state index in [1.807, 2.05) is 29.4 Å². The van der Waals surface area contributed by atoms with Crippen LogP contribution in [0.1, 0.15) is 12.5 Å². The Labute approximate surface area is 113 Å². The lowest BCUT2D eigenvalue weighted by atomic mass is 10.1. The normalized spacial score (nSPS) is 15.5. The monoisotopic (exact) mass is 261 g/mol. The minimum Gasteiger partial charge on any atom is -0.363 e. The smallest absolute Gasteiger partial charge is 0.219 e. The predicted molar refractivity (Wildman–Crippen MR) is 76.3 cm³/mol. The minimum absolute atomic E-state index is 0.148. The van der Waals surface area contributed by atoms with E-state index in [1.165, 1.54) is 6.21 Å². The average molecular weight is 261 g/mol. The highest BCUT2D eigenvalue weighted by atomic mass is 16.2. The first-order chi connectivity index (χ1) is 9.17. The Balaban J connectivity index is 2.19. The highest BCUT2D eigenvalue weighted by Gasteiger charge is 2.22. The Morgan fingerprint density at radius 1 is 1.32 bits per heavy atom. The fourth-order valence-electron chi connectivity index (χ4n) is 2.55. The van der Waals surface area contributed by atoms with Gasteiger partial charge >= 0.3 is 0 Å². The molecule has 1 heterocycles. The topological polar surface area (TPSA) is 64.0 Å². The summed E-state index contributed by atoms with van der Waals surface area (Å²) in [6.07, 6.45) is 1.39. The summed E-state index contributed by atoms with van der Waals surface area (Å²) < 4.78 is 0. The van der Waals surface area contributed by atoms with Crippen molar-refractivity contribution in [3.63, 3.8) is 0 Å². The van der Waals surface area contributed by atoms with Crippen molar-refractivity contribution in [1.29, 1.82) is 5.41 Å². The van der Waals surface area contributed by atoms with E-state index in [1.54, 1.807) is 6.92 Å². The predicted octanol–water partition coefficient (Wildman–Crippen LogP) is 0.177. The lowest BCUT2D eigenvalue weighted by Gasteiger charge is -2.35. The van der Waals surface area contributed by atoms with Gasteiger partial charge in [-0.2, -0.15) is 0 Å². The first-order valence-corrected chi connectivity index (χ1v) is 6.60. The lowest BCUT2D eigenvalue weighted by Crippen LogP contribution is -2.73. The molecule has 1 aliphatic rings. The molecule has 0 aliphatic carbocycles. The maximum Gasteiger partial charge on any atom is 0.219 e. The molecule has 0 spiro atoms. The number of carbonyl (C=O) groups is 1. The summed E-state index contributed by atoms with van der Waals surface area (Å²) in [6.45, 7) is 4.86. The number of carbonyl (C=O) groups excluding carboxylic acids is 1. The summed E-state index contributed by atoms with van der Waals surface area (Å²) in [7, 11) is 2.00. The summed E-state index contributed by atoms with van der Waals surface area (Å²) in [5, 5.41) is 9.52. The van der Waals surface area contributed by atoms with Crippen LogP contribution in [0.25, 0.3) is 0 Å². The molecule has 2 rings (SSSR count). The summed E-state index contributed by atoms with van der Waals surface area (Å²) >= 11 is 0. The first kappa shape index (κ1) is 13.5. The van der Waals surface area contributed by atoms with Crippen molar-refractivity contribution in [3.05, 3.63) is 23.8 Å². The maximum atomic E-state index is 11.3. The van der Waals surface area contributed by atoms with Crippen molar-refractivity contribution in [2.24, 2.45) is 0 Å². The van der Waals surface area contributed by atoms with E-state index >= 15 is 0 Å². The van der Waals surface area contributed by atoms with Gasteiger partial charge in [0.15, 0.2) is 5.69 Å². The molecule has 1 saturated heterocycles. The van der Waals surface area contributed by atoms with Gasteiger partial charge in [0, 0.05) is 39.3 Å². The second-order valence-electron chi connectivity index (χ2n) is 4.71. The summed E-state index contributed by atoms with van der Waals surface area (Å²) in [4.78, 5) is 15.5. The van der Waals surface area contributed by atoms with Crippen molar-refractivity contribution < 1.29 is 10.1 Å². The molecular weight excluding hydrogens is 240 g/mol. The van der Waals surface area contributed by atoms with Crippen LogP contribution in [0, 0.1) is 5.41 Å². The molecule has 0 aromatic heterocycles. The molecule has 1 aliphatic heterocycles. The number of benzene rings is 1. The molecule has 5 heteroatoms. The number of hydrogen-bond acceptors (Lipinski definition) is 3. The van der Waals surface area contributed by atoms with Crippen LogP contribution in [0.4, 0.5) is 11.4 Å². The summed E-state index contributed by atoms with van der Waals surface area (Å²) in [6, 6.07) is 6.03. The number of nitrogens with one attached hydrogen (secondary N) is 1. The van der Waals surface area contributed by atoms with Gasteiger partial charge in [0.25, 0.3) is 0 Å². The molecule has 102 valence electrons. The molecule has 5 nitrogen and oxygen atoms in total. The van der Waals surface area contributed by atoms with Gasteiger partial charge in [-0.05, 0) is 12.1 Å². The SMILES string of the molecule is C[NH2+]c1c(C=N)cccc1N1CCN(C(C)=O)CC1.